The third-order valence-electron chi connectivity index (χ3n) is 5.62. The second kappa shape index (κ2) is 7.37. The SMILES string of the molecule is Cc1ccc(CC2CCCN2C(=O)C2CCCC(C(=O)O)C2)cc1. The maximum atomic E-state index is 13.0. The molecular weight excluding hydrogens is 302 g/mol. The summed E-state index contributed by atoms with van der Waals surface area (Å²) in [5, 5.41) is 9.25. The van der Waals surface area contributed by atoms with Gasteiger partial charge in [-0.2, -0.15) is 0 Å². The number of carboxylic acids is 1. The van der Waals surface area contributed by atoms with E-state index in [1.54, 1.807) is 0 Å². The topological polar surface area (TPSA) is 57.6 Å². The monoisotopic (exact) mass is 329 g/mol. The van der Waals surface area contributed by atoms with E-state index in [1.807, 2.05) is 4.90 Å². The third-order valence-corrected chi connectivity index (χ3v) is 5.62. The normalized spacial score (nSPS) is 27.2. The smallest absolute Gasteiger partial charge is 0.306 e. The molecule has 1 aliphatic heterocycles. The molecule has 1 N–H and O–H groups in total. The first-order valence-electron chi connectivity index (χ1n) is 9.13. The zero-order valence-electron chi connectivity index (χ0n) is 14.4. The molecule has 3 unspecified atom stereocenters. The van der Waals surface area contributed by atoms with Gasteiger partial charge in [-0.05, 0) is 51.0 Å². The number of aryl methyl sites for hydroxylation is 1. The number of carboxylic acid groups (broad SMARTS) is 1. The fourth-order valence-electron chi connectivity index (χ4n) is 4.21. The minimum Gasteiger partial charge on any atom is -0.481 e. The van der Waals surface area contributed by atoms with E-state index < -0.39 is 5.97 Å². The largest absolute Gasteiger partial charge is 0.481 e. The highest BCUT2D eigenvalue weighted by Gasteiger charge is 2.37. The Hall–Kier alpha value is -1.84. The molecule has 1 amide bonds. The first kappa shape index (κ1) is 17.0. The van der Waals surface area contributed by atoms with Crippen LogP contribution in [0.5, 0.6) is 0 Å². The molecule has 4 heteroatoms. The maximum absolute atomic E-state index is 13.0. The van der Waals surface area contributed by atoms with Crippen molar-refractivity contribution in [2.45, 2.75) is 57.9 Å². The Bertz CT molecular complexity index is 595. The second-order valence-corrected chi connectivity index (χ2v) is 7.42. The van der Waals surface area contributed by atoms with Crippen molar-refractivity contribution >= 4 is 11.9 Å². The summed E-state index contributed by atoms with van der Waals surface area (Å²) in [6.07, 6.45) is 5.93. The highest BCUT2D eigenvalue weighted by molar-refractivity contribution is 5.81. The van der Waals surface area contributed by atoms with Crippen LogP contribution >= 0.6 is 0 Å². The molecule has 0 spiro atoms. The van der Waals surface area contributed by atoms with Crippen molar-refractivity contribution in [3.63, 3.8) is 0 Å². The van der Waals surface area contributed by atoms with Crippen LogP contribution in [0.3, 0.4) is 0 Å². The van der Waals surface area contributed by atoms with Crippen molar-refractivity contribution < 1.29 is 14.7 Å². The first-order chi connectivity index (χ1) is 11.5. The average Bonchev–Trinajstić information content (AvgIpc) is 3.04. The molecule has 1 heterocycles. The minimum atomic E-state index is -0.745. The number of amides is 1. The van der Waals surface area contributed by atoms with Crippen molar-refractivity contribution in [3.8, 4) is 0 Å². The van der Waals surface area contributed by atoms with Gasteiger partial charge in [-0.3, -0.25) is 9.59 Å². The van der Waals surface area contributed by atoms with Crippen molar-refractivity contribution in [1.82, 2.24) is 4.90 Å². The number of aliphatic carboxylic acids is 1. The highest BCUT2D eigenvalue weighted by atomic mass is 16.4. The molecule has 24 heavy (non-hydrogen) atoms. The summed E-state index contributed by atoms with van der Waals surface area (Å²) in [5.74, 6) is -0.995. The number of benzene rings is 1. The fourth-order valence-corrected chi connectivity index (χ4v) is 4.21. The lowest BCUT2D eigenvalue weighted by molar-refractivity contribution is -0.145. The molecule has 4 nitrogen and oxygen atoms in total. The molecule has 0 aromatic heterocycles. The van der Waals surface area contributed by atoms with Gasteiger partial charge in [0.1, 0.15) is 0 Å². The summed E-state index contributed by atoms with van der Waals surface area (Å²) in [6, 6.07) is 8.81. The lowest BCUT2D eigenvalue weighted by atomic mass is 9.80. The Labute approximate surface area is 143 Å². The molecule has 130 valence electrons. The van der Waals surface area contributed by atoms with E-state index in [9.17, 15) is 14.7 Å². The van der Waals surface area contributed by atoms with Crippen LogP contribution in [0.4, 0.5) is 0 Å². The van der Waals surface area contributed by atoms with Crippen LogP contribution in [0, 0.1) is 18.8 Å². The van der Waals surface area contributed by atoms with Gasteiger partial charge >= 0.3 is 5.97 Å². The third kappa shape index (κ3) is 3.80. The van der Waals surface area contributed by atoms with Crippen LogP contribution < -0.4 is 0 Å². The molecule has 0 bridgehead atoms. The number of nitrogens with zero attached hydrogens (tertiary/aromatic N) is 1. The second-order valence-electron chi connectivity index (χ2n) is 7.42. The van der Waals surface area contributed by atoms with E-state index in [-0.39, 0.29) is 23.8 Å². The molecule has 2 aliphatic rings. The van der Waals surface area contributed by atoms with Crippen LogP contribution in [-0.4, -0.2) is 34.5 Å². The lowest BCUT2D eigenvalue weighted by Crippen LogP contribution is -2.42. The first-order valence-corrected chi connectivity index (χ1v) is 9.13. The standard InChI is InChI=1S/C20H27NO3/c1-14-7-9-15(10-8-14)12-18-6-3-11-21(18)19(22)16-4-2-5-17(13-16)20(23)24/h7-10,16-18H,2-6,11-13H2,1H3,(H,23,24). The van der Waals surface area contributed by atoms with Crippen molar-refractivity contribution in [2.75, 3.05) is 6.54 Å². The van der Waals surface area contributed by atoms with Crippen LogP contribution in [0.15, 0.2) is 24.3 Å². The number of hydrogen-bond acceptors (Lipinski definition) is 2. The predicted octanol–water partition coefficient (Wildman–Crippen LogP) is 3.42. The van der Waals surface area contributed by atoms with Gasteiger partial charge in [-0.15, -0.1) is 0 Å². The predicted molar refractivity (Wildman–Crippen MR) is 92.7 cm³/mol. The van der Waals surface area contributed by atoms with E-state index in [1.165, 1.54) is 11.1 Å². The number of likely N-dealkylation sites (tertiary alicyclic amines) is 1. The van der Waals surface area contributed by atoms with E-state index in [0.29, 0.717) is 12.8 Å². The molecule has 1 aromatic rings. The lowest BCUT2D eigenvalue weighted by Gasteiger charge is -2.32. The molecule has 1 aromatic carbocycles. The van der Waals surface area contributed by atoms with Crippen LogP contribution in [0.1, 0.15) is 49.7 Å². The highest BCUT2D eigenvalue weighted by Crippen LogP contribution is 2.33. The molecule has 1 aliphatic carbocycles. The van der Waals surface area contributed by atoms with Gasteiger partial charge in [0.05, 0.1) is 5.92 Å². The number of carbonyl (C=O) groups is 2. The number of carbonyl (C=O) groups excluding carboxylic acids is 1. The molecule has 2 fully saturated rings. The quantitative estimate of drug-likeness (QED) is 0.921. The van der Waals surface area contributed by atoms with Crippen molar-refractivity contribution in [2.24, 2.45) is 11.8 Å². The van der Waals surface area contributed by atoms with Gasteiger partial charge in [0, 0.05) is 18.5 Å². The number of hydrogen-bond donors (Lipinski definition) is 1. The van der Waals surface area contributed by atoms with Crippen molar-refractivity contribution in [3.05, 3.63) is 35.4 Å². The van der Waals surface area contributed by atoms with Gasteiger partial charge in [-0.1, -0.05) is 36.2 Å². The molecule has 0 radical (unpaired) electrons. The van der Waals surface area contributed by atoms with Crippen LogP contribution in [-0.2, 0) is 16.0 Å². The van der Waals surface area contributed by atoms with Gasteiger partial charge < -0.3 is 10.0 Å². The Balaban J connectivity index is 1.64. The zero-order chi connectivity index (χ0) is 17.1. The van der Waals surface area contributed by atoms with Crippen LogP contribution in [0.25, 0.3) is 0 Å². The molecule has 1 saturated carbocycles. The molecular formula is C20H27NO3. The molecule has 3 atom stereocenters. The summed E-state index contributed by atoms with van der Waals surface area (Å²) >= 11 is 0. The summed E-state index contributed by atoms with van der Waals surface area (Å²) in [4.78, 5) is 26.2. The Morgan fingerprint density at radius 2 is 1.79 bits per heavy atom. The summed E-state index contributed by atoms with van der Waals surface area (Å²) < 4.78 is 0. The minimum absolute atomic E-state index is 0.0986. The fraction of sp³-hybridized carbons (Fsp3) is 0.600. The van der Waals surface area contributed by atoms with E-state index in [4.69, 9.17) is 0 Å². The van der Waals surface area contributed by atoms with E-state index >= 15 is 0 Å². The average molecular weight is 329 g/mol. The van der Waals surface area contributed by atoms with Gasteiger partial charge in [-0.25, -0.2) is 0 Å². The molecule has 3 rings (SSSR count). The summed E-state index contributed by atoms with van der Waals surface area (Å²) in [5.41, 5.74) is 2.53. The van der Waals surface area contributed by atoms with E-state index in [0.717, 1.165) is 38.6 Å². The van der Waals surface area contributed by atoms with E-state index in [2.05, 4.69) is 31.2 Å². The molecule has 1 saturated heterocycles. The van der Waals surface area contributed by atoms with Gasteiger partial charge in [0.15, 0.2) is 0 Å². The maximum Gasteiger partial charge on any atom is 0.306 e. The Morgan fingerprint density at radius 1 is 1.08 bits per heavy atom. The Morgan fingerprint density at radius 3 is 2.50 bits per heavy atom. The zero-order valence-corrected chi connectivity index (χ0v) is 14.4. The number of rotatable bonds is 4. The summed E-state index contributed by atoms with van der Waals surface area (Å²) in [7, 11) is 0. The van der Waals surface area contributed by atoms with Crippen molar-refractivity contribution in [1.29, 1.82) is 0 Å². The van der Waals surface area contributed by atoms with Gasteiger partial charge in [0.25, 0.3) is 0 Å². The summed E-state index contributed by atoms with van der Waals surface area (Å²) in [6.45, 7) is 2.90. The Kier molecular flexibility index (Phi) is 5.22. The van der Waals surface area contributed by atoms with Crippen LogP contribution in [0.2, 0.25) is 0 Å². The van der Waals surface area contributed by atoms with Gasteiger partial charge in [0.2, 0.25) is 5.91 Å².